The second kappa shape index (κ2) is 5.04. The average Bonchev–Trinajstić information content (AvgIpc) is 2.67. The summed E-state index contributed by atoms with van der Waals surface area (Å²) in [6.45, 7) is 0.736. The molecule has 0 aromatic carbocycles. The number of hydrogen-bond donors (Lipinski definition) is 0. The third-order valence-electron chi connectivity index (χ3n) is 2.48. The number of hydrogen-bond acceptors (Lipinski definition) is 3. The Morgan fingerprint density at radius 3 is 2.33 bits per heavy atom. The molecular formula is C10H6BrF6N3O. The van der Waals surface area contributed by atoms with E-state index < -0.39 is 35.5 Å². The number of halogens is 7. The van der Waals surface area contributed by atoms with Gasteiger partial charge in [0.05, 0.1) is 0 Å². The van der Waals surface area contributed by atoms with E-state index in [0.717, 1.165) is 13.0 Å². The van der Waals surface area contributed by atoms with E-state index in [1.54, 1.807) is 0 Å². The second-order valence-corrected chi connectivity index (χ2v) is 4.71. The molecule has 1 atom stereocenters. The van der Waals surface area contributed by atoms with Crippen LogP contribution in [0.25, 0.3) is 5.65 Å². The monoisotopic (exact) mass is 377 g/mol. The molecule has 2 aromatic heterocycles. The Labute approximate surface area is 121 Å². The fourth-order valence-electron chi connectivity index (χ4n) is 1.48. The molecule has 0 spiro atoms. The summed E-state index contributed by atoms with van der Waals surface area (Å²) < 4.78 is 80.5. The lowest BCUT2D eigenvalue weighted by atomic mass is 10.3. The zero-order valence-corrected chi connectivity index (χ0v) is 11.7. The minimum atomic E-state index is -4.74. The molecule has 0 saturated heterocycles. The molecule has 0 aliphatic rings. The van der Waals surface area contributed by atoms with Crippen molar-refractivity contribution in [3.63, 3.8) is 0 Å². The van der Waals surface area contributed by atoms with Crippen LogP contribution < -0.4 is 4.74 Å². The molecule has 11 heteroatoms. The fourth-order valence-corrected chi connectivity index (χ4v) is 1.80. The van der Waals surface area contributed by atoms with Gasteiger partial charge in [0.1, 0.15) is 5.69 Å². The molecule has 0 bridgehead atoms. The quantitative estimate of drug-likeness (QED) is 0.746. The van der Waals surface area contributed by atoms with E-state index in [9.17, 15) is 26.3 Å². The molecule has 0 saturated carbocycles. The molecule has 0 amide bonds. The van der Waals surface area contributed by atoms with Gasteiger partial charge in [-0.3, -0.25) is 0 Å². The minimum absolute atomic E-state index is 0.205. The van der Waals surface area contributed by atoms with Crippen LogP contribution in [0.1, 0.15) is 12.6 Å². The van der Waals surface area contributed by atoms with Crippen molar-refractivity contribution in [1.29, 1.82) is 0 Å². The van der Waals surface area contributed by atoms with E-state index in [1.807, 2.05) is 0 Å². The molecule has 2 aromatic rings. The Morgan fingerprint density at radius 1 is 1.19 bits per heavy atom. The maximum absolute atomic E-state index is 12.8. The van der Waals surface area contributed by atoms with Gasteiger partial charge in [-0.15, -0.1) is 5.10 Å². The zero-order valence-electron chi connectivity index (χ0n) is 10.1. The van der Waals surface area contributed by atoms with Crippen LogP contribution in [0.4, 0.5) is 26.3 Å². The van der Waals surface area contributed by atoms with Gasteiger partial charge in [-0.25, -0.2) is 4.52 Å². The highest BCUT2D eigenvalue weighted by Crippen LogP contribution is 2.34. The first-order valence-electron chi connectivity index (χ1n) is 5.36. The summed E-state index contributed by atoms with van der Waals surface area (Å²) in [4.78, 5) is 3.60. The number of nitrogens with zero attached hydrogens (tertiary/aromatic N) is 3. The number of ether oxygens (including phenoxy) is 1. The van der Waals surface area contributed by atoms with Gasteiger partial charge in [0.15, 0.2) is 17.5 Å². The number of aromatic nitrogens is 3. The van der Waals surface area contributed by atoms with Crippen molar-refractivity contribution in [2.75, 3.05) is 0 Å². The molecule has 0 aliphatic heterocycles. The van der Waals surface area contributed by atoms with Crippen molar-refractivity contribution in [1.82, 2.24) is 14.6 Å². The summed E-state index contributed by atoms with van der Waals surface area (Å²) in [6, 6.07) is 1.36. The van der Waals surface area contributed by atoms with Crippen molar-refractivity contribution >= 4 is 21.6 Å². The Bertz CT molecular complexity index is 665. The Kier molecular flexibility index (Phi) is 3.80. The van der Waals surface area contributed by atoms with Crippen LogP contribution >= 0.6 is 15.9 Å². The standard InChI is InChI=1S/C10H6BrF6N3O/c1-4(9(12,13)14)21-5-2-3-6(10(15,16)17)20-7(5)18-8(11)19-20/h2-4H,1H3/t4-/m1/s1. The van der Waals surface area contributed by atoms with Crippen LogP contribution in [0.5, 0.6) is 5.75 Å². The van der Waals surface area contributed by atoms with Crippen LogP contribution in [0.2, 0.25) is 0 Å². The van der Waals surface area contributed by atoms with Gasteiger partial charge in [0.25, 0.3) is 0 Å². The Balaban J connectivity index is 2.53. The lowest BCUT2D eigenvalue weighted by Crippen LogP contribution is -2.31. The van der Waals surface area contributed by atoms with Crippen molar-refractivity contribution in [2.45, 2.75) is 25.4 Å². The molecule has 0 radical (unpaired) electrons. The van der Waals surface area contributed by atoms with Crippen LogP contribution in [0.3, 0.4) is 0 Å². The third-order valence-corrected chi connectivity index (χ3v) is 2.81. The van der Waals surface area contributed by atoms with E-state index in [1.165, 1.54) is 0 Å². The van der Waals surface area contributed by atoms with Crippen LogP contribution in [0, 0.1) is 0 Å². The Hall–Kier alpha value is -1.52. The van der Waals surface area contributed by atoms with E-state index >= 15 is 0 Å². The van der Waals surface area contributed by atoms with Gasteiger partial charge >= 0.3 is 12.4 Å². The highest BCUT2D eigenvalue weighted by atomic mass is 79.9. The molecule has 116 valence electrons. The molecule has 0 fully saturated rings. The zero-order chi connectivity index (χ0) is 16.0. The van der Waals surface area contributed by atoms with E-state index in [4.69, 9.17) is 0 Å². The number of pyridine rings is 1. The minimum Gasteiger partial charge on any atom is -0.477 e. The first-order valence-corrected chi connectivity index (χ1v) is 6.15. The normalized spacial score (nSPS) is 14.5. The van der Waals surface area contributed by atoms with Gasteiger partial charge in [-0.1, -0.05) is 0 Å². The van der Waals surface area contributed by atoms with Crippen LogP contribution in [-0.2, 0) is 6.18 Å². The molecule has 0 N–H and O–H groups in total. The van der Waals surface area contributed by atoms with Gasteiger partial charge < -0.3 is 4.74 Å². The van der Waals surface area contributed by atoms with Gasteiger partial charge in [-0.2, -0.15) is 31.3 Å². The van der Waals surface area contributed by atoms with Crippen molar-refractivity contribution < 1.29 is 31.1 Å². The van der Waals surface area contributed by atoms with E-state index in [0.29, 0.717) is 10.6 Å². The van der Waals surface area contributed by atoms with Crippen molar-refractivity contribution in [2.24, 2.45) is 0 Å². The maximum Gasteiger partial charge on any atom is 0.433 e. The van der Waals surface area contributed by atoms with Crippen molar-refractivity contribution in [3.05, 3.63) is 22.6 Å². The molecule has 2 heterocycles. The summed E-state index contributed by atoms with van der Waals surface area (Å²) in [5, 5.41) is 3.45. The summed E-state index contributed by atoms with van der Waals surface area (Å²) in [7, 11) is 0. The van der Waals surface area contributed by atoms with Crippen LogP contribution in [-0.4, -0.2) is 26.9 Å². The number of rotatable bonds is 2. The van der Waals surface area contributed by atoms with E-state index in [-0.39, 0.29) is 4.73 Å². The summed E-state index contributed by atoms with van der Waals surface area (Å²) >= 11 is 2.78. The third kappa shape index (κ3) is 3.22. The summed E-state index contributed by atoms with van der Waals surface area (Å²) in [5.41, 5.74) is -1.64. The van der Waals surface area contributed by atoms with Crippen LogP contribution in [0.15, 0.2) is 16.9 Å². The predicted octanol–water partition coefficient (Wildman–Crippen LogP) is 3.84. The largest absolute Gasteiger partial charge is 0.477 e. The van der Waals surface area contributed by atoms with Crippen molar-refractivity contribution in [3.8, 4) is 5.75 Å². The molecule has 21 heavy (non-hydrogen) atoms. The smallest absolute Gasteiger partial charge is 0.433 e. The van der Waals surface area contributed by atoms with Gasteiger partial charge in [0, 0.05) is 0 Å². The first kappa shape index (κ1) is 15.9. The molecule has 0 aliphatic carbocycles. The predicted molar refractivity (Wildman–Crippen MR) is 61.8 cm³/mol. The molecule has 2 rings (SSSR count). The second-order valence-electron chi connectivity index (χ2n) is 4.00. The lowest BCUT2D eigenvalue weighted by Gasteiger charge is -2.18. The lowest BCUT2D eigenvalue weighted by molar-refractivity contribution is -0.189. The number of alkyl halides is 6. The summed E-state index contributed by atoms with van der Waals surface area (Å²) in [6.07, 6.45) is -11.6. The summed E-state index contributed by atoms with van der Waals surface area (Å²) in [5.74, 6) is -0.453. The fraction of sp³-hybridized carbons (Fsp3) is 0.400. The SMILES string of the molecule is C[C@@H](Oc1ccc(C(F)(F)F)n2nc(Br)nc12)C(F)(F)F. The molecular weight excluding hydrogens is 372 g/mol. The maximum atomic E-state index is 12.8. The van der Waals surface area contributed by atoms with Gasteiger partial charge in [-0.05, 0) is 35.0 Å². The number of fused-ring (bicyclic) bond motifs is 1. The highest BCUT2D eigenvalue weighted by Gasteiger charge is 2.39. The average molecular weight is 378 g/mol. The highest BCUT2D eigenvalue weighted by molar-refractivity contribution is 9.10. The van der Waals surface area contributed by atoms with Gasteiger partial charge in [0.2, 0.25) is 4.73 Å². The first-order chi connectivity index (χ1) is 9.50. The molecule has 0 unspecified atom stereocenters. The van der Waals surface area contributed by atoms with E-state index in [2.05, 4.69) is 30.7 Å². The topological polar surface area (TPSA) is 39.4 Å². The Morgan fingerprint density at radius 2 is 1.81 bits per heavy atom. The molecule has 4 nitrogen and oxygen atoms in total.